The molecule has 0 atom stereocenters. The van der Waals surface area contributed by atoms with Gasteiger partial charge in [0.2, 0.25) is 5.88 Å². The SMILES string of the molecule is Cc1nc(N)c2c(n1)OC(C)(C)C(c1ccc(C3CCC(Cc4cc(=O)[nH][nH]4)CC3)c(Cl)c1)=N2. The number of anilines is 1. The van der Waals surface area contributed by atoms with Crippen LogP contribution in [0.4, 0.5) is 11.5 Å². The Morgan fingerprint density at radius 1 is 1.15 bits per heavy atom. The third-order valence-electron chi connectivity index (χ3n) is 6.86. The van der Waals surface area contributed by atoms with Crippen molar-refractivity contribution in [1.82, 2.24) is 20.2 Å². The van der Waals surface area contributed by atoms with Gasteiger partial charge in [0, 0.05) is 22.3 Å². The number of aromatic amines is 2. The van der Waals surface area contributed by atoms with Gasteiger partial charge in [0.25, 0.3) is 5.56 Å². The number of halogens is 1. The van der Waals surface area contributed by atoms with Gasteiger partial charge in [-0.3, -0.25) is 9.89 Å². The fraction of sp³-hybridized carbons (Fsp3) is 0.440. The molecule has 1 aromatic carbocycles. The van der Waals surface area contributed by atoms with Crippen LogP contribution in [0.3, 0.4) is 0 Å². The number of nitrogens with one attached hydrogen (secondary N) is 2. The van der Waals surface area contributed by atoms with Crippen LogP contribution in [0.25, 0.3) is 0 Å². The van der Waals surface area contributed by atoms with Crippen molar-refractivity contribution < 1.29 is 4.74 Å². The highest BCUT2D eigenvalue weighted by Gasteiger charge is 2.36. The molecular formula is C25H29ClN6O2. The van der Waals surface area contributed by atoms with Crippen LogP contribution in [-0.4, -0.2) is 31.5 Å². The molecular weight excluding hydrogens is 452 g/mol. The molecule has 0 amide bonds. The number of aliphatic imine (C=N–C) groups is 1. The van der Waals surface area contributed by atoms with E-state index in [-0.39, 0.29) is 5.56 Å². The highest BCUT2D eigenvalue weighted by Crippen LogP contribution is 2.42. The number of nitrogen functional groups attached to an aromatic ring is 1. The smallest absolute Gasteiger partial charge is 0.264 e. The quantitative estimate of drug-likeness (QED) is 0.492. The maximum absolute atomic E-state index is 11.3. The maximum Gasteiger partial charge on any atom is 0.264 e. The van der Waals surface area contributed by atoms with Gasteiger partial charge in [0.1, 0.15) is 11.4 Å². The van der Waals surface area contributed by atoms with Gasteiger partial charge in [-0.15, -0.1) is 0 Å². The van der Waals surface area contributed by atoms with Gasteiger partial charge < -0.3 is 15.6 Å². The van der Waals surface area contributed by atoms with Crippen molar-refractivity contribution in [2.75, 3.05) is 5.73 Å². The molecule has 0 saturated heterocycles. The fourth-order valence-corrected chi connectivity index (χ4v) is 5.50. The first-order valence-corrected chi connectivity index (χ1v) is 12.1. The summed E-state index contributed by atoms with van der Waals surface area (Å²) in [7, 11) is 0. The Labute approximate surface area is 203 Å². The standard InChI is InChI=1S/C25H29ClN6O2/c1-13-28-23(27)21-24(29-13)34-25(2,3)22(30-21)16-8-9-18(19(26)11-16)15-6-4-14(5-7-15)10-17-12-20(33)32-31-17/h8-9,11-12,14-15H,4-7,10H2,1-3H3,(H2,27,28,29)(H2,31,32,33). The van der Waals surface area contributed by atoms with E-state index in [9.17, 15) is 4.79 Å². The molecule has 1 aliphatic heterocycles. The van der Waals surface area contributed by atoms with Crippen molar-refractivity contribution in [3.63, 3.8) is 0 Å². The van der Waals surface area contributed by atoms with Crippen molar-refractivity contribution >= 4 is 28.8 Å². The zero-order chi connectivity index (χ0) is 24.0. The Kier molecular flexibility index (Phi) is 5.72. The van der Waals surface area contributed by atoms with Gasteiger partial charge >= 0.3 is 0 Å². The highest BCUT2D eigenvalue weighted by atomic mass is 35.5. The van der Waals surface area contributed by atoms with Gasteiger partial charge in [-0.1, -0.05) is 23.7 Å². The Bertz CT molecular complexity index is 1320. The topological polar surface area (TPSA) is 122 Å². The molecule has 0 unspecified atom stereocenters. The summed E-state index contributed by atoms with van der Waals surface area (Å²) in [5.74, 6) is 2.26. The van der Waals surface area contributed by atoms with Crippen LogP contribution in [0.5, 0.6) is 5.88 Å². The minimum atomic E-state index is -0.692. The lowest BCUT2D eigenvalue weighted by molar-refractivity contribution is 0.171. The molecule has 5 rings (SSSR count). The summed E-state index contributed by atoms with van der Waals surface area (Å²) in [6, 6.07) is 7.82. The normalized spacial score (nSPS) is 21.5. The number of aryl methyl sites for hydroxylation is 1. The van der Waals surface area contributed by atoms with E-state index >= 15 is 0 Å². The lowest BCUT2D eigenvalue weighted by atomic mass is 9.77. The first-order chi connectivity index (χ1) is 16.2. The van der Waals surface area contributed by atoms with Crippen molar-refractivity contribution in [3.05, 3.63) is 62.3 Å². The van der Waals surface area contributed by atoms with Crippen molar-refractivity contribution in [3.8, 4) is 5.88 Å². The van der Waals surface area contributed by atoms with Crippen LogP contribution in [0.1, 0.15) is 68.1 Å². The van der Waals surface area contributed by atoms with E-state index in [0.717, 1.165) is 54.1 Å². The molecule has 3 heterocycles. The van der Waals surface area contributed by atoms with Crippen molar-refractivity contribution in [1.29, 1.82) is 0 Å². The number of benzene rings is 1. The molecule has 178 valence electrons. The predicted molar refractivity (Wildman–Crippen MR) is 133 cm³/mol. The number of hydrogen-bond acceptors (Lipinski definition) is 6. The Balaban J connectivity index is 1.35. The Morgan fingerprint density at radius 2 is 1.91 bits per heavy atom. The number of H-pyrrole nitrogens is 2. The molecule has 3 aromatic rings. The van der Waals surface area contributed by atoms with Gasteiger partial charge in [-0.05, 0) is 76.3 Å². The Morgan fingerprint density at radius 3 is 2.59 bits per heavy atom. The number of fused-ring (bicyclic) bond motifs is 1. The van der Waals surface area contributed by atoms with E-state index < -0.39 is 5.60 Å². The number of hydrogen-bond donors (Lipinski definition) is 3. The van der Waals surface area contributed by atoms with Crippen molar-refractivity contribution in [2.45, 2.75) is 64.4 Å². The van der Waals surface area contributed by atoms with Crippen LogP contribution >= 0.6 is 11.6 Å². The number of rotatable bonds is 4. The van der Waals surface area contributed by atoms with E-state index in [1.807, 2.05) is 19.9 Å². The molecule has 2 aliphatic rings. The van der Waals surface area contributed by atoms with Crippen LogP contribution in [0.2, 0.25) is 5.02 Å². The molecule has 8 nitrogen and oxygen atoms in total. The zero-order valence-corrected chi connectivity index (χ0v) is 20.4. The first kappa shape index (κ1) is 22.7. The number of ether oxygens (including phenoxy) is 1. The number of aromatic nitrogens is 4. The summed E-state index contributed by atoms with van der Waals surface area (Å²) in [5.41, 5.74) is 9.60. The maximum atomic E-state index is 11.3. The molecule has 4 N–H and O–H groups in total. The second-order valence-electron chi connectivity index (χ2n) is 9.82. The van der Waals surface area contributed by atoms with Crippen LogP contribution in [0, 0.1) is 12.8 Å². The van der Waals surface area contributed by atoms with Crippen LogP contribution in [0.15, 0.2) is 34.1 Å². The van der Waals surface area contributed by atoms with Crippen molar-refractivity contribution in [2.24, 2.45) is 10.9 Å². The Hall–Kier alpha value is -3.13. The molecule has 2 aromatic heterocycles. The summed E-state index contributed by atoms with van der Waals surface area (Å²) >= 11 is 6.81. The number of nitrogens with two attached hydrogens (primary N) is 1. The molecule has 1 saturated carbocycles. The van der Waals surface area contributed by atoms with E-state index in [0.29, 0.717) is 35.0 Å². The van der Waals surface area contributed by atoms with E-state index in [2.05, 4.69) is 32.3 Å². The molecule has 0 spiro atoms. The minimum Gasteiger partial charge on any atom is -0.463 e. The summed E-state index contributed by atoms with van der Waals surface area (Å²) in [4.78, 5) is 24.7. The highest BCUT2D eigenvalue weighted by molar-refractivity contribution is 6.32. The predicted octanol–water partition coefficient (Wildman–Crippen LogP) is 4.85. The molecule has 34 heavy (non-hydrogen) atoms. The van der Waals surface area contributed by atoms with Gasteiger partial charge in [0.15, 0.2) is 11.5 Å². The lowest BCUT2D eigenvalue weighted by Crippen LogP contribution is -2.41. The monoisotopic (exact) mass is 480 g/mol. The van der Waals surface area contributed by atoms with Gasteiger partial charge in [0.05, 0.1) is 5.71 Å². The minimum absolute atomic E-state index is 0.0690. The van der Waals surface area contributed by atoms with Crippen LogP contribution < -0.4 is 16.0 Å². The average Bonchev–Trinajstić information content (AvgIpc) is 3.17. The van der Waals surface area contributed by atoms with Gasteiger partial charge in [-0.2, -0.15) is 4.98 Å². The molecule has 1 fully saturated rings. The number of nitrogens with zero attached hydrogens (tertiary/aromatic N) is 3. The second kappa shape index (κ2) is 8.58. The van der Waals surface area contributed by atoms with E-state index in [4.69, 9.17) is 27.1 Å². The molecule has 0 bridgehead atoms. The summed E-state index contributed by atoms with van der Waals surface area (Å²) in [6.07, 6.45) is 5.28. The molecule has 9 heteroatoms. The lowest BCUT2D eigenvalue weighted by Gasteiger charge is -2.33. The summed E-state index contributed by atoms with van der Waals surface area (Å²) in [6.45, 7) is 5.70. The summed E-state index contributed by atoms with van der Waals surface area (Å²) in [5, 5.41) is 6.33. The first-order valence-electron chi connectivity index (χ1n) is 11.7. The second-order valence-corrected chi connectivity index (χ2v) is 10.2. The average molecular weight is 481 g/mol. The summed E-state index contributed by atoms with van der Waals surface area (Å²) < 4.78 is 6.17. The largest absolute Gasteiger partial charge is 0.463 e. The molecule has 1 aliphatic carbocycles. The van der Waals surface area contributed by atoms with E-state index in [1.165, 1.54) is 5.56 Å². The third kappa shape index (κ3) is 4.34. The molecule has 0 radical (unpaired) electrons. The van der Waals surface area contributed by atoms with Crippen LogP contribution in [-0.2, 0) is 6.42 Å². The van der Waals surface area contributed by atoms with Gasteiger partial charge in [-0.25, -0.2) is 9.98 Å². The van der Waals surface area contributed by atoms with E-state index in [1.54, 1.807) is 13.0 Å². The fourth-order valence-electron chi connectivity index (χ4n) is 5.16. The zero-order valence-electron chi connectivity index (χ0n) is 19.6. The third-order valence-corrected chi connectivity index (χ3v) is 7.18.